The Hall–Kier alpha value is -2.25. The summed E-state index contributed by atoms with van der Waals surface area (Å²) in [7, 11) is 5.57. The lowest BCUT2D eigenvalue weighted by molar-refractivity contribution is 0.154. The molecule has 3 unspecified atom stereocenters. The zero-order valence-corrected chi connectivity index (χ0v) is 19.5. The van der Waals surface area contributed by atoms with Gasteiger partial charge in [-0.05, 0) is 74.8 Å². The van der Waals surface area contributed by atoms with Gasteiger partial charge in [-0.1, -0.05) is 12.1 Å². The molecule has 0 radical (unpaired) electrons. The van der Waals surface area contributed by atoms with Gasteiger partial charge in [0.25, 0.3) is 0 Å². The minimum absolute atomic E-state index is 0.0548. The zero-order chi connectivity index (χ0) is 21.8. The van der Waals surface area contributed by atoms with Crippen LogP contribution in [0.25, 0.3) is 0 Å². The molecular formula is C24H33N3O3S. The Labute approximate surface area is 188 Å². The quantitative estimate of drug-likeness (QED) is 0.683. The monoisotopic (exact) mass is 443 g/mol. The van der Waals surface area contributed by atoms with Gasteiger partial charge in [-0.15, -0.1) is 11.3 Å². The number of hydrogen-bond acceptors (Lipinski definition) is 5. The van der Waals surface area contributed by atoms with Crippen molar-refractivity contribution >= 4 is 17.4 Å². The smallest absolute Gasteiger partial charge is 0.315 e. The Balaban J connectivity index is 1.40. The number of likely N-dealkylation sites (tertiary alicyclic amines) is 1. The maximum absolute atomic E-state index is 12.5. The van der Waals surface area contributed by atoms with Crippen LogP contribution in [0.1, 0.15) is 36.1 Å². The number of fused-ring (bicyclic) bond motifs is 1. The highest BCUT2D eigenvalue weighted by molar-refractivity contribution is 7.09. The maximum atomic E-state index is 12.5. The first kappa shape index (κ1) is 22.0. The first-order chi connectivity index (χ1) is 15.1. The molecule has 0 spiro atoms. The van der Waals surface area contributed by atoms with Crippen molar-refractivity contribution in [1.82, 2.24) is 15.5 Å². The van der Waals surface area contributed by atoms with E-state index in [4.69, 9.17) is 9.47 Å². The molecule has 3 atom stereocenters. The van der Waals surface area contributed by atoms with Crippen molar-refractivity contribution in [2.45, 2.75) is 49.6 Å². The number of thiophene rings is 1. The Morgan fingerprint density at radius 3 is 2.81 bits per heavy atom. The third-order valence-corrected chi connectivity index (χ3v) is 7.99. The van der Waals surface area contributed by atoms with E-state index >= 15 is 0 Å². The summed E-state index contributed by atoms with van der Waals surface area (Å²) in [5, 5.41) is 8.31. The van der Waals surface area contributed by atoms with Gasteiger partial charge in [0.15, 0.2) is 11.5 Å². The van der Waals surface area contributed by atoms with E-state index in [1.165, 1.54) is 10.4 Å². The van der Waals surface area contributed by atoms with E-state index in [9.17, 15) is 4.79 Å². The normalized spacial score (nSPS) is 25.6. The van der Waals surface area contributed by atoms with Crippen molar-refractivity contribution in [1.29, 1.82) is 0 Å². The number of amides is 2. The number of carbonyl (C=O) groups excluding carboxylic acids is 1. The van der Waals surface area contributed by atoms with Crippen molar-refractivity contribution in [3.8, 4) is 11.5 Å². The highest BCUT2D eigenvalue weighted by Crippen LogP contribution is 2.49. The molecule has 1 saturated carbocycles. The summed E-state index contributed by atoms with van der Waals surface area (Å²) >= 11 is 1.73. The lowest BCUT2D eigenvalue weighted by Crippen LogP contribution is -2.53. The number of rotatable bonds is 7. The summed E-state index contributed by atoms with van der Waals surface area (Å²) in [6.45, 7) is 1.73. The lowest BCUT2D eigenvalue weighted by Gasteiger charge is -2.45. The van der Waals surface area contributed by atoms with Gasteiger partial charge in [-0.3, -0.25) is 0 Å². The van der Waals surface area contributed by atoms with Gasteiger partial charge in [0.1, 0.15) is 0 Å². The van der Waals surface area contributed by atoms with E-state index in [1.807, 2.05) is 12.1 Å². The molecule has 4 rings (SSSR count). The largest absolute Gasteiger partial charge is 0.493 e. The van der Waals surface area contributed by atoms with Crippen LogP contribution in [-0.4, -0.2) is 57.4 Å². The minimum atomic E-state index is -0.0548. The van der Waals surface area contributed by atoms with Gasteiger partial charge in [-0.2, -0.15) is 0 Å². The molecule has 1 saturated heterocycles. The molecule has 7 heteroatoms. The predicted molar refractivity (Wildman–Crippen MR) is 124 cm³/mol. The molecule has 2 heterocycles. The summed E-state index contributed by atoms with van der Waals surface area (Å²) in [5.74, 6) is 1.55. The second-order valence-electron chi connectivity index (χ2n) is 8.67. The molecule has 1 aromatic heterocycles. The Morgan fingerprint density at radius 2 is 2.06 bits per heavy atom. The molecule has 31 heavy (non-hydrogen) atoms. The van der Waals surface area contributed by atoms with Crippen LogP contribution in [0.2, 0.25) is 0 Å². The summed E-state index contributed by atoms with van der Waals surface area (Å²) in [6.07, 6.45) is 5.00. The molecule has 168 valence electrons. The van der Waals surface area contributed by atoms with Crippen molar-refractivity contribution in [3.05, 3.63) is 46.2 Å². The predicted octanol–water partition coefficient (Wildman–Crippen LogP) is 3.80. The number of likely N-dealkylation sites (N-methyl/N-ethyl adjacent to an activating group) is 1. The van der Waals surface area contributed by atoms with Crippen LogP contribution in [0.4, 0.5) is 4.79 Å². The molecule has 2 aromatic rings. The number of benzene rings is 1. The summed E-state index contributed by atoms with van der Waals surface area (Å²) in [6, 6.07) is 11.1. The molecule has 1 aliphatic carbocycles. The number of ether oxygens (including phenoxy) is 2. The van der Waals surface area contributed by atoms with E-state index in [2.05, 4.69) is 46.2 Å². The van der Waals surface area contributed by atoms with Gasteiger partial charge >= 0.3 is 6.03 Å². The minimum Gasteiger partial charge on any atom is -0.493 e. The highest BCUT2D eigenvalue weighted by atomic mass is 32.1. The topological polar surface area (TPSA) is 62.8 Å². The standard InChI is InChI=1S/C24H33N3O3S/c1-27-13-11-24(17-6-7-20(29-2)21(15-17)30-3)10-8-18(16-22(24)27)26-23(28)25-12-9-19-5-4-14-31-19/h4-7,14-15,18,22H,8-13,16H2,1-3H3,(H2,25,26,28). The Morgan fingerprint density at radius 1 is 1.23 bits per heavy atom. The van der Waals surface area contributed by atoms with Crippen LogP contribution in [-0.2, 0) is 11.8 Å². The van der Waals surface area contributed by atoms with Crippen LogP contribution >= 0.6 is 11.3 Å². The highest BCUT2D eigenvalue weighted by Gasteiger charge is 2.50. The Bertz CT molecular complexity index is 888. The second-order valence-corrected chi connectivity index (χ2v) is 9.71. The molecule has 2 amide bonds. The second kappa shape index (κ2) is 9.49. The molecule has 1 aliphatic heterocycles. The summed E-state index contributed by atoms with van der Waals surface area (Å²) < 4.78 is 11.0. The Kier molecular flexibility index (Phi) is 6.72. The number of urea groups is 1. The van der Waals surface area contributed by atoms with E-state index in [-0.39, 0.29) is 17.5 Å². The van der Waals surface area contributed by atoms with Gasteiger partial charge in [0.2, 0.25) is 0 Å². The fourth-order valence-corrected chi connectivity index (χ4v) is 6.09. The molecule has 6 nitrogen and oxygen atoms in total. The lowest BCUT2D eigenvalue weighted by atomic mass is 9.65. The van der Waals surface area contributed by atoms with Gasteiger partial charge in [0.05, 0.1) is 14.2 Å². The number of hydrogen-bond donors (Lipinski definition) is 2. The summed E-state index contributed by atoms with van der Waals surface area (Å²) in [4.78, 5) is 16.2. The van der Waals surface area contributed by atoms with Crippen molar-refractivity contribution < 1.29 is 14.3 Å². The zero-order valence-electron chi connectivity index (χ0n) is 18.6. The molecule has 1 aromatic carbocycles. The number of nitrogens with zero attached hydrogens (tertiary/aromatic N) is 1. The van der Waals surface area contributed by atoms with Crippen LogP contribution in [0.3, 0.4) is 0 Å². The van der Waals surface area contributed by atoms with Crippen LogP contribution in [0.5, 0.6) is 11.5 Å². The number of methoxy groups -OCH3 is 2. The molecule has 2 aliphatic rings. The van der Waals surface area contributed by atoms with Crippen LogP contribution in [0.15, 0.2) is 35.7 Å². The van der Waals surface area contributed by atoms with E-state index in [0.29, 0.717) is 12.6 Å². The van der Waals surface area contributed by atoms with Gasteiger partial charge < -0.3 is 25.0 Å². The van der Waals surface area contributed by atoms with Crippen molar-refractivity contribution in [3.63, 3.8) is 0 Å². The fourth-order valence-electron chi connectivity index (χ4n) is 5.39. The first-order valence-corrected chi connectivity index (χ1v) is 11.9. The van der Waals surface area contributed by atoms with Crippen LogP contribution < -0.4 is 20.1 Å². The first-order valence-electron chi connectivity index (χ1n) is 11.1. The van der Waals surface area contributed by atoms with Gasteiger partial charge in [0, 0.05) is 28.9 Å². The average molecular weight is 444 g/mol. The van der Waals surface area contributed by atoms with Gasteiger partial charge in [-0.25, -0.2) is 4.79 Å². The van der Waals surface area contributed by atoms with E-state index in [0.717, 1.165) is 50.1 Å². The number of carbonyl (C=O) groups is 1. The summed E-state index contributed by atoms with van der Waals surface area (Å²) in [5.41, 5.74) is 1.42. The maximum Gasteiger partial charge on any atom is 0.315 e. The van der Waals surface area contributed by atoms with Crippen molar-refractivity contribution in [2.75, 3.05) is 34.4 Å². The van der Waals surface area contributed by atoms with E-state index < -0.39 is 0 Å². The molecular weight excluding hydrogens is 410 g/mol. The van der Waals surface area contributed by atoms with Crippen molar-refractivity contribution in [2.24, 2.45) is 0 Å². The SMILES string of the molecule is COc1ccc(C23CCC(NC(=O)NCCc4cccs4)CC2N(C)CC3)cc1OC. The van der Waals surface area contributed by atoms with E-state index in [1.54, 1.807) is 25.6 Å². The molecule has 2 N–H and O–H groups in total. The average Bonchev–Trinajstić information content (AvgIpc) is 3.42. The van der Waals surface area contributed by atoms with Crippen LogP contribution in [0, 0.1) is 0 Å². The third-order valence-electron chi connectivity index (χ3n) is 7.06. The molecule has 0 bridgehead atoms. The molecule has 2 fully saturated rings. The number of nitrogens with one attached hydrogen (secondary N) is 2. The third kappa shape index (κ3) is 4.53. The fraction of sp³-hybridized carbons (Fsp3) is 0.542.